The summed E-state index contributed by atoms with van der Waals surface area (Å²) >= 11 is 1.72. The third-order valence-corrected chi connectivity index (χ3v) is 4.79. The van der Waals surface area contributed by atoms with Crippen molar-refractivity contribution in [2.45, 2.75) is 38.8 Å². The van der Waals surface area contributed by atoms with Gasteiger partial charge >= 0.3 is 0 Å². The van der Waals surface area contributed by atoms with Gasteiger partial charge in [0.05, 0.1) is 6.54 Å². The van der Waals surface area contributed by atoms with E-state index in [1.54, 1.807) is 11.3 Å². The molecule has 0 spiro atoms. The van der Waals surface area contributed by atoms with Crippen LogP contribution in [-0.4, -0.2) is 23.3 Å². The van der Waals surface area contributed by atoms with E-state index in [4.69, 9.17) is 0 Å². The number of carbonyl (C=O) groups is 1. The number of rotatable bonds is 7. The lowest BCUT2D eigenvalue weighted by Gasteiger charge is -2.20. The summed E-state index contributed by atoms with van der Waals surface area (Å²) in [7, 11) is 0. The predicted octanol–water partition coefficient (Wildman–Crippen LogP) is 4.16. The summed E-state index contributed by atoms with van der Waals surface area (Å²) in [5.41, 5.74) is 3.44. The number of Topliss-reactive ketones (excluding diaryl/α,β-unsaturated/α-hetero) is 1. The second-order valence-corrected chi connectivity index (χ2v) is 6.52. The first-order valence-electron chi connectivity index (χ1n) is 7.63. The smallest absolute Gasteiger partial charge is 0.176 e. The lowest BCUT2D eigenvalue weighted by molar-refractivity contribution is 0.0919. The van der Waals surface area contributed by atoms with E-state index in [1.165, 1.54) is 24.0 Å². The van der Waals surface area contributed by atoms with Crippen LogP contribution in [0.1, 0.15) is 41.3 Å². The lowest BCUT2D eigenvalue weighted by atomic mass is 10.1. The molecule has 1 saturated carbocycles. The van der Waals surface area contributed by atoms with Crippen LogP contribution in [0.25, 0.3) is 0 Å². The number of hydrogen-bond acceptors (Lipinski definition) is 3. The maximum absolute atomic E-state index is 12.5. The molecule has 3 rings (SSSR count). The molecule has 0 saturated heterocycles. The molecule has 1 fully saturated rings. The number of carbonyl (C=O) groups excluding carboxylic acids is 1. The molecule has 2 aromatic rings. The molecule has 0 bridgehead atoms. The zero-order chi connectivity index (χ0) is 14.7. The van der Waals surface area contributed by atoms with Gasteiger partial charge in [0.25, 0.3) is 0 Å². The van der Waals surface area contributed by atoms with Gasteiger partial charge in [0.2, 0.25) is 0 Å². The molecular formula is C18H21NOS. The van der Waals surface area contributed by atoms with Crippen LogP contribution in [0.4, 0.5) is 0 Å². The van der Waals surface area contributed by atoms with Gasteiger partial charge in [-0.05, 0) is 47.2 Å². The van der Waals surface area contributed by atoms with Crippen LogP contribution in [0.3, 0.4) is 0 Å². The molecule has 0 amide bonds. The van der Waals surface area contributed by atoms with Gasteiger partial charge in [-0.1, -0.05) is 31.2 Å². The lowest BCUT2D eigenvalue weighted by Crippen LogP contribution is -2.31. The van der Waals surface area contributed by atoms with Crippen LogP contribution in [-0.2, 0) is 13.0 Å². The first-order valence-corrected chi connectivity index (χ1v) is 8.58. The van der Waals surface area contributed by atoms with Gasteiger partial charge in [-0.3, -0.25) is 9.69 Å². The molecule has 0 atom stereocenters. The van der Waals surface area contributed by atoms with Crippen LogP contribution in [0.5, 0.6) is 0 Å². The van der Waals surface area contributed by atoms with Crippen molar-refractivity contribution in [1.29, 1.82) is 0 Å². The first-order chi connectivity index (χ1) is 10.3. The Kier molecular flexibility index (Phi) is 4.51. The Labute approximate surface area is 130 Å². The quantitative estimate of drug-likeness (QED) is 0.716. The van der Waals surface area contributed by atoms with Crippen molar-refractivity contribution in [2.24, 2.45) is 0 Å². The van der Waals surface area contributed by atoms with Gasteiger partial charge < -0.3 is 0 Å². The highest BCUT2D eigenvalue weighted by molar-refractivity contribution is 7.07. The van der Waals surface area contributed by atoms with Crippen molar-refractivity contribution in [3.8, 4) is 0 Å². The Morgan fingerprint density at radius 1 is 1.19 bits per heavy atom. The maximum atomic E-state index is 12.5. The molecule has 110 valence electrons. The van der Waals surface area contributed by atoms with Gasteiger partial charge in [0.1, 0.15) is 0 Å². The summed E-state index contributed by atoms with van der Waals surface area (Å²) in [5, 5.41) is 4.28. The third kappa shape index (κ3) is 3.80. The van der Waals surface area contributed by atoms with E-state index >= 15 is 0 Å². The van der Waals surface area contributed by atoms with Crippen molar-refractivity contribution in [2.75, 3.05) is 6.54 Å². The Morgan fingerprint density at radius 3 is 2.52 bits per heavy atom. The van der Waals surface area contributed by atoms with E-state index in [0.29, 0.717) is 12.6 Å². The normalized spacial score (nSPS) is 14.6. The van der Waals surface area contributed by atoms with Crippen molar-refractivity contribution >= 4 is 17.1 Å². The Balaban J connectivity index is 1.65. The van der Waals surface area contributed by atoms with Crippen molar-refractivity contribution in [3.63, 3.8) is 0 Å². The average molecular weight is 299 g/mol. The Bertz CT molecular complexity index is 584. The third-order valence-electron chi connectivity index (χ3n) is 4.06. The molecule has 0 aliphatic heterocycles. The fraction of sp³-hybridized carbons (Fsp3) is 0.389. The zero-order valence-electron chi connectivity index (χ0n) is 12.4. The average Bonchev–Trinajstić information content (AvgIpc) is 3.24. The second kappa shape index (κ2) is 6.54. The molecule has 0 unspecified atom stereocenters. The van der Waals surface area contributed by atoms with E-state index in [-0.39, 0.29) is 5.78 Å². The molecule has 21 heavy (non-hydrogen) atoms. The minimum absolute atomic E-state index is 0.236. The van der Waals surface area contributed by atoms with Crippen LogP contribution in [0.15, 0.2) is 41.1 Å². The van der Waals surface area contributed by atoms with Gasteiger partial charge in [-0.2, -0.15) is 11.3 Å². The highest BCUT2D eigenvalue weighted by Crippen LogP contribution is 2.28. The summed E-state index contributed by atoms with van der Waals surface area (Å²) in [6.45, 7) is 3.56. The van der Waals surface area contributed by atoms with Crippen LogP contribution >= 0.6 is 11.3 Å². The summed E-state index contributed by atoms with van der Waals surface area (Å²) in [5.74, 6) is 0.236. The molecular weight excluding hydrogens is 278 g/mol. The number of nitrogens with zero attached hydrogens (tertiary/aromatic N) is 1. The van der Waals surface area contributed by atoms with Crippen molar-refractivity contribution in [1.82, 2.24) is 4.90 Å². The molecule has 1 aromatic carbocycles. The van der Waals surface area contributed by atoms with Crippen LogP contribution in [0.2, 0.25) is 0 Å². The number of hydrogen-bond donors (Lipinski definition) is 0. The monoisotopic (exact) mass is 299 g/mol. The molecule has 2 nitrogen and oxygen atoms in total. The fourth-order valence-electron chi connectivity index (χ4n) is 2.57. The Morgan fingerprint density at radius 2 is 1.95 bits per heavy atom. The fourth-order valence-corrected chi connectivity index (χ4v) is 3.23. The number of thiophene rings is 1. The zero-order valence-corrected chi connectivity index (χ0v) is 13.2. The van der Waals surface area contributed by atoms with Crippen molar-refractivity contribution in [3.05, 3.63) is 57.8 Å². The summed E-state index contributed by atoms with van der Waals surface area (Å²) < 4.78 is 0. The highest BCUT2D eigenvalue weighted by Gasteiger charge is 2.30. The molecule has 3 heteroatoms. The summed E-state index contributed by atoms with van der Waals surface area (Å²) in [6.07, 6.45) is 3.47. The number of aryl methyl sites for hydroxylation is 1. The van der Waals surface area contributed by atoms with E-state index in [2.05, 4.69) is 40.8 Å². The predicted molar refractivity (Wildman–Crippen MR) is 87.9 cm³/mol. The molecule has 0 radical (unpaired) electrons. The van der Waals surface area contributed by atoms with Crippen LogP contribution < -0.4 is 0 Å². The van der Waals surface area contributed by atoms with E-state index in [9.17, 15) is 4.79 Å². The maximum Gasteiger partial charge on any atom is 0.176 e. The molecule has 1 aliphatic rings. The van der Waals surface area contributed by atoms with E-state index in [1.807, 2.05) is 12.1 Å². The summed E-state index contributed by atoms with van der Waals surface area (Å²) in [4.78, 5) is 14.8. The molecule has 1 heterocycles. The van der Waals surface area contributed by atoms with Gasteiger partial charge in [-0.15, -0.1) is 0 Å². The van der Waals surface area contributed by atoms with E-state index < -0.39 is 0 Å². The number of benzene rings is 1. The molecule has 0 N–H and O–H groups in total. The summed E-state index contributed by atoms with van der Waals surface area (Å²) in [6, 6.07) is 10.8. The van der Waals surface area contributed by atoms with Gasteiger partial charge in [0, 0.05) is 18.2 Å². The molecule has 1 aromatic heterocycles. The van der Waals surface area contributed by atoms with Crippen molar-refractivity contribution < 1.29 is 4.79 Å². The number of ketones is 1. The SMILES string of the molecule is CCc1ccc(C(=O)CN(Cc2ccsc2)C2CC2)cc1. The van der Waals surface area contributed by atoms with Crippen LogP contribution in [0, 0.1) is 0 Å². The standard InChI is InChI=1S/C18H21NOS/c1-2-14-3-5-16(6-4-14)18(20)12-19(17-7-8-17)11-15-9-10-21-13-15/h3-6,9-10,13,17H,2,7-8,11-12H2,1H3. The van der Waals surface area contributed by atoms with Gasteiger partial charge in [0.15, 0.2) is 5.78 Å². The topological polar surface area (TPSA) is 20.3 Å². The minimum atomic E-state index is 0.236. The minimum Gasteiger partial charge on any atom is -0.293 e. The largest absolute Gasteiger partial charge is 0.293 e. The first kappa shape index (κ1) is 14.5. The second-order valence-electron chi connectivity index (χ2n) is 5.74. The van der Waals surface area contributed by atoms with E-state index in [0.717, 1.165) is 18.5 Å². The van der Waals surface area contributed by atoms with Gasteiger partial charge in [-0.25, -0.2) is 0 Å². The highest BCUT2D eigenvalue weighted by atomic mass is 32.1. The molecule has 1 aliphatic carbocycles. The Hall–Kier alpha value is -1.45.